The van der Waals surface area contributed by atoms with Crippen LogP contribution in [-0.2, 0) is 0 Å². The summed E-state index contributed by atoms with van der Waals surface area (Å²) >= 11 is 0. The highest BCUT2D eigenvalue weighted by Gasteiger charge is 2.14. The number of aliphatic hydroxyl groups is 1. The van der Waals surface area contributed by atoms with E-state index in [2.05, 4.69) is 13.8 Å². The minimum absolute atomic E-state index is 0.118. The molecule has 1 amide bonds. The van der Waals surface area contributed by atoms with Gasteiger partial charge < -0.3 is 10.8 Å². The van der Waals surface area contributed by atoms with E-state index in [1.54, 1.807) is 12.1 Å². The smallest absolute Gasteiger partial charge is 0.248 e. The van der Waals surface area contributed by atoms with E-state index < -0.39 is 5.91 Å². The molecule has 0 radical (unpaired) electrons. The fraction of sp³-hybridized carbons (Fsp3) is 0.417. The van der Waals surface area contributed by atoms with Gasteiger partial charge in [-0.2, -0.15) is 0 Å². The maximum atomic E-state index is 10.9. The average Bonchev–Trinajstić information content (AvgIpc) is 2.19. The molecule has 3 nitrogen and oxygen atoms in total. The van der Waals surface area contributed by atoms with Crippen molar-refractivity contribution in [1.82, 2.24) is 0 Å². The zero-order valence-corrected chi connectivity index (χ0v) is 9.10. The van der Waals surface area contributed by atoms with Crippen LogP contribution in [0, 0.1) is 5.92 Å². The predicted octanol–water partition coefficient (Wildman–Crippen LogP) is 1.52. The summed E-state index contributed by atoms with van der Waals surface area (Å²) in [4.78, 5) is 10.9. The van der Waals surface area contributed by atoms with Crippen LogP contribution in [0.5, 0.6) is 0 Å². The van der Waals surface area contributed by atoms with Crippen molar-refractivity contribution in [2.24, 2.45) is 11.7 Å². The Hall–Kier alpha value is -1.35. The lowest BCUT2D eigenvalue weighted by Gasteiger charge is -2.18. The van der Waals surface area contributed by atoms with Crippen molar-refractivity contribution >= 4 is 5.91 Å². The van der Waals surface area contributed by atoms with Gasteiger partial charge in [0.25, 0.3) is 0 Å². The maximum Gasteiger partial charge on any atom is 0.248 e. The first-order valence-electron chi connectivity index (χ1n) is 5.07. The first-order chi connectivity index (χ1) is 7.06. The van der Waals surface area contributed by atoms with Gasteiger partial charge in [-0.05, 0) is 23.6 Å². The van der Waals surface area contributed by atoms with Crippen LogP contribution in [0.25, 0.3) is 0 Å². The van der Waals surface area contributed by atoms with Gasteiger partial charge in [0.2, 0.25) is 5.91 Å². The Morgan fingerprint density at radius 2 is 1.87 bits per heavy atom. The Bertz CT molecular complexity index is 330. The van der Waals surface area contributed by atoms with Gasteiger partial charge in [0.15, 0.2) is 0 Å². The van der Waals surface area contributed by atoms with Gasteiger partial charge in [-0.3, -0.25) is 4.79 Å². The van der Waals surface area contributed by atoms with E-state index in [9.17, 15) is 9.90 Å². The minimum atomic E-state index is -0.424. The van der Waals surface area contributed by atoms with Crippen LogP contribution in [0.3, 0.4) is 0 Å². The van der Waals surface area contributed by atoms with Crippen LogP contribution < -0.4 is 5.73 Å². The summed E-state index contributed by atoms with van der Waals surface area (Å²) in [5.74, 6) is 0.0630. The molecule has 0 aliphatic rings. The number of primary amides is 1. The van der Waals surface area contributed by atoms with Gasteiger partial charge in [0.1, 0.15) is 0 Å². The highest BCUT2D eigenvalue weighted by Crippen LogP contribution is 2.23. The molecule has 1 rings (SSSR count). The number of benzene rings is 1. The van der Waals surface area contributed by atoms with Gasteiger partial charge in [-0.1, -0.05) is 26.0 Å². The zero-order valence-electron chi connectivity index (χ0n) is 9.10. The largest absolute Gasteiger partial charge is 0.396 e. The molecule has 1 atom stereocenters. The molecule has 0 aromatic heterocycles. The zero-order chi connectivity index (χ0) is 11.4. The van der Waals surface area contributed by atoms with Crippen LogP contribution in [0.15, 0.2) is 24.3 Å². The number of amides is 1. The summed E-state index contributed by atoms with van der Waals surface area (Å²) in [5.41, 5.74) is 6.68. The molecule has 0 heterocycles. The second kappa shape index (κ2) is 4.94. The van der Waals surface area contributed by atoms with Crippen LogP contribution >= 0.6 is 0 Å². The third kappa shape index (κ3) is 2.80. The Morgan fingerprint density at radius 3 is 2.20 bits per heavy atom. The number of nitrogens with two attached hydrogens (primary N) is 1. The first kappa shape index (κ1) is 11.7. The monoisotopic (exact) mass is 207 g/mol. The van der Waals surface area contributed by atoms with Crippen LogP contribution in [0.2, 0.25) is 0 Å². The van der Waals surface area contributed by atoms with Crippen molar-refractivity contribution < 1.29 is 9.90 Å². The lowest BCUT2D eigenvalue weighted by atomic mass is 9.89. The van der Waals surface area contributed by atoms with E-state index in [1.165, 1.54) is 0 Å². The van der Waals surface area contributed by atoms with Crippen molar-refractivity contribution in [1.29, 1.82) is 0 Å². The lowest BCUT2D eigenvalue weighted by molar-refractivity contribution is 0.100. The fourth-order valence-corrected chi connectivity index (χ4v) is 1.60. The Kier molecular flexibility index (Phi) is 3.86. The average molecular weight is 207 g/mol. The van der Waals surface area contributed by atoms with Crippen LogP contribution in [-0.4, -0.2) is 17.6 Å². The van der Waals surface area contributed by atoms with E-state index in [1.807, 2.05) is 12.1 Å². The molecule has 1 aromatic carbocycles. The molecule has 82 valence electrons. The topological polar surface area (TPSA) is 63.3 Å². The number of carbonyl (C=O) groups excluding carboxylic acids is 1. The highest BCUT2D eigenvalue weighted by atomic mass is 16.3. The quantitative estimate of drug-likeness (QED) is 0.786. The number of rotatable bonds is 4. The summed E-state index contributed by atoms with van der Waals surface area (Å²) in [6.07, 6.45) is 0. The fourth-order valence-electron chi connectivity index (χ4n) is 1.60. The van der Waals surface area contributed by atoms with Crippen molar-refractivity contribution in [3.8, 4) is 0 Å². The molecule has 1 unspecified atom stereocenters. The highest BCUT2D eigenvalue weighted by molar-refractivity contribution is 5.92. The van der Waals surface area contributed by atoms with Crippen LogP contribution in [0.4, 0.5) is 0 Å². The van der Waals surface area contributed by atoms with E-state index in [0.717, 1.165) is 5.56 Å². The summed E-state index contributed by atoms with van der Waals surface area (Å²) in [6.45, 7) is 4.24. The van der Waals surface area contributed by atoms with Crippen molar-refractivity contribution in [2.75, 3.05) is 6.61 Å². The molecule has 1 aromatic rings. The van der Waals surface area contributed by atoms with Crippen LogP contribution in [0.1, 0.15) is 35.7 Å². The Morgan fingerprint density at radius 1 is 1.33 bits per heavy atom. The molecule has 3 N–H and O–H groups in total. The molecule has 3 heteroatoms. The van der Waals surface area contributed by atoms with Crippen molar-refractivity contribution in [3.05, 3.63) is 35.4 Å². The van der Waals surface area contributed by atoms with Gasteiger partial charge in [0, 0.05) is 11.5 Å². The van der Waals surface area contributed by atoms with Crippen molar-refractivity contribution in [3.63, 3.8) is 0 Å². The van der Waals surface area contributed by atoms with E-state index in [4.69, 9.17) is 5.73 Å². The number of hydrogen-bond acceptors (Lipinski definition) is 2. The third-order valence-corrected chi connectivity index (χ3v) is 2.62. The summed E-state index contributed by atoms with van der Waals surface area (Å²) in [7, 11) is 0. The van der Waals surface area contributed by atoms with Gasteiger partial charge >= 0.3 is 0 Å². The second-order valence-electron chi connectivity index (χ2n) is 4.02. The number of hydrogen-bond donors (Lipinski definition) is 2. The summed E-state index contributed by atoms with van der Waals surface area (Å²) < 4.78 is 0. The SMILES string of the molecule is CC(C)C(CO)c1ccc(C(N)=O)cc1. The maximum absolute atomic E-state index is 10.9. The molecule has 0 aliphatic heterocycles. The first-order valence-corrected chi connectivity index (χ1v) is 5.07. The summed E-state index contributed by atoms with van der Waals surface area (Å²) in [5, 5.41) is 9.24. The van der Waals surface area contributed by atoms with Crippen molar-refractivity contribution in [2.45, 2.75) is 19.8 Å². The standard InChI is InChI=1S/C12H17NO2/c1-8(2)11(7-14)9-3-5-10(6-4-9)12(13)15/h3-6,8,11,14H,7H2,1-2H3,(H2,13,15). The Labute approximate surface area is 89.9 Å². The second-order valence-corrected chi connectivity index (χ2v) is 4.02. The Balaban J connectivity index is 2.92. The molecule has 0 bridgehead atoms. The molecule has 0 saturated carbocycles. The van der Waals surface area contributed by atoms with E-state index in [0.29, 0.717) is 11.5 Å². The number of aliphatic hydroxyl groups excluding tert-OH is 1. The molecule has 0 spiro atoms. The molecular weight excluding hydrogens is 190 g/mol. The molecular formula is C12H17NO2. The predicted molar refractivity (Wildman–Crippen MR) is 59.6 cm³/mol. The molecule has 0 saturated heterocycles. The van der Waals surface area contributed by atoms with Gasteiger partial charge in [-0.15, -0.1) is 0 Å². The third-order valence-electron chi connectivity index (χ3n) is 2.62. The minimum Gasteiger partial charge on any atom is -0.396 e. The molecule has 0 aliphatic carbocycles. The number of carbonyl (C=O) groups is 1. The molecule has 0 fully saturated rings. The van der Waals surface area contributed by atoms with E-state index >= 15 is 0 Å². The lowest BCUT2D eigenvalue weighted by Crippen LogP contribution is -2.13. The van der Waals surface area contributed by atoms with Gasteiger partial charge in [-0.25, -0.2) is 0 Å². The summed E-state index contributed by atoms with van der Waals surface area (Å²) in [6, 6.07) is 7.09. The van der Waals surface area contributed by atoms with Gasteiger partial charge in [0.05, 0.1) is 6.61 Å². The van der Waals surface area contributed by atoms with E-state index in [-0.39, 0.29) is 12.5 Å². The normalized spacial score (nSPS) is 12.8. The molecule has 15 heavy (non-hydrogen) atoms.